The molecule has 2 N–H and O–H groups in total. The second-order valence-corrected chi connectivity index (χ2v) is 7.31. The Hall–Kier alpha value is -2.73. The molecule has 1 aromatic carbocycles. The molecule has 3 rings (SSSR count). The Bertz CT molecular complexity index is 887. The molecule has 0 fully saturated rings. The van der Waals surface area contributed by atoms with Crippen LogP contribution in [0.4, 0.5) is 10.2 Å². The molecule has 0 bridgehead atoms. The van der Waals surface area contributed by atoms with E-state index in [9.17, 15) is 4.39 Å². The molecule has 2 heterocycles. The van der Waals surface area contributed by atoms with Gasteiger partial charge in [0.05, 0.1) is 11.9 Å². The van der Waals surface area contributed by atoms with Gasteiger partial charge in [-0.25, -0.2) is 9.37 Å². The zero-order chi connectivity index (χ0) is 22.6. The number of halogens is 1. The molecule has 0 spiro atoms. The normalized spacial score (nSPS) is 11.7. The third kappa shape index (κ3) is 7.17. The molecule has 0 saturated heterocycles. The SMILES string of the molecule is CC.CCN(CC)CCCC(C)Nc1cc(-c2cn[nH]c2-c2ccc(F)cc2)ccn1. The Labute approximate surface area is 186 Å². The van der Waals surface area contributed by atoms with Crippen molar-refractivity contribution in [2.45, 2.75) is 53.5 Å². The highest BCUT2D eigenvalue weighted by Crippen LogP contribution is 2.31. The van der Waals surface area contributed by atoms with E-state index >= 15 is 0 Å². The van der Waals surface area contributed by atoms with Crippen molar-refractivity contribution in [3.8, 4) is 22.4 Å². The van der Waals surface area contributed by atoms with Crippen molar-refractivity contribution in [3.05, 3.63) is 54.6 Å². The molecule has 3 aromatic rings. The van der Waals surface area contributed by atoms with E-state index in [1.807, 2.05) is 32.2 Å². The molecule has 0 aliphatic rings. The Morgan fingerprint density at radius 3 is 2.45 bits per heavy atom. The number of aromatic amines is 1. The van der Waals surface area contributed by atoms with Gasteiger partial charge in [-0.15, -0.1) is 0 Å². The summed E-state index contributed by atoms with van der Waals surface area (Å²) in [5.74, 6) is 0.601. The molecule has 0 saturated carbocycles. The quantitative estimate of drug-likeness (QED) is 0.404. The molecule has 1 unspecified atom stereocenters. The lowest BCUT2D eigenvalue weighted by molar-refractivity contribution is 0.295. The van der Waals surface area contributed by atoms with Gasteiger partial charge in [0.15, 0.2) is 0 Å². The van der Waals surface area contributed by atoms with Crippen LogP contribution in [0.3, 0.4) is 0 Å². The molecule has 31 heavy (non-hydrogen) atoms. The number of aromatic nitrogens is 3. The molecule has 168 valence electrons. The molecule has 5 nitrogen and oxygen atoms in total. The highest BCUT2D eigenvalue weighted by Gasteiger charge is 2.12. The Morgan fingerprint density at radius 2 is 1.77 bits per heavy atom. The summed E-state index contributed by atoms with van der Waals surface area (Å²) in [5, 5.41) is 10.7. The lowest BCUT2D eigenvalue weighted by Gasteiger charge is -2.20. The topological polar surface area (TPSA) is 56.8 Å². The summed E-state index contributed by atoms with van der Waals surface area (Å²) in [4.78, 5) is 6.92. The van der Waals surface area contributed by atoms with E-state index in [0.29, 0.717) is 6.04 Å². The lowest BCUT2D eigenvalue weighted by Crippen LogP contribution is -2.25. The zero-order valence-electron chi connectivity index (χ0n) is 19.5. The first-order valence-corrected chi connectivity index (χ1v) is 11.3. The minimum absolute atomic E-state index is 0.250. The Kier molecular flexibility index (Phi) is 10.2. The van der Waals surface area contributed by atoms with Crippen molar-refractivity contribution < 1.29 is 4.39 Å². The summed E-state index contributed by atoms with van der Waals surface area (Å²) in [6.45, 7) is 13.9. The van der Waals surface area contributed by atoms with Gasteiger partial charge in [0.25, 0.3) is 0 Å². The number of rotatable bonds is 10. The third-order valence-electron chi connectivity index (χ3n) is 5.24. The van der Waals surface area contributed by atoms with E-state index in [-0.39, 0.29) is 5.82 Å². The Balaban J connectivity index is 0.00000166. The number of hydrogen-bond donors (Lipinski definition) is 2. The molecular formula is C25H36FN5. The maximum absolute atomic E-state index is 13.3. The van der Waals surface area contributed by atoms with Gasteiger partial charge in [-0.1, -0.05) is 27.7 Å². The first kappa shape index (κ1) is 24.5. The smallest absolute Gasteiger partial charge is 0.126 e. The van der Waals surface area contributed by atoms with E-state index in [4.69, 9.17) is 0 Å². The van der Waals surface area contributed by atoms with Crippen molar-refractivity contribution in [1.82, 2.24) is 20.1 Å². The van der Waals surface area contributed by atoms with Crippen molar-refractivity contribution in [2.24, 2.45) is 0 Å². The lowest BCUT2D eigenvalue weighted by atomic mass is 10.0. The summed E-state index contributed by atoms with van der Waals surface area (Å²) < 4.78 is 13.3. The van der Waals surface area contributed by atoms with Gasteiger partial charge in [0, 0.05) is 23.4 Å². The van der Waals surface area contributed by atoms with Crippen molar-refractivity contribution in [3.63, 3.8) is 0 Å². The first-order valence-electron chi connectivity index (χ1n) is 11.3. The molecule has 0 aliphatic carbocycles. The van der Waals surface area contributed by atoms with Crippen LogP contribution in [-0.4, -0.2) is 45.8 Å². The standard InChI is InChI=1S/C23H30FN5.C2H6/c1-4-29(5-2)14-6-7-17(3)27-22-15-19(12-13-25-22)21-16-26-28-23(21)18-8-10-20(24)11-9-18;1-2/h8-13,15-17H,4-7,14H2,1-3H3,(H,25,27)(H,26,28);1-2H3. The van der Waals surface area contributed by atoms with E-state index in [1.54, 1.807) is 18.3 Å². The third-order valence-corrected chi connectivity index (χ3v) is 5.24. The average Bonchev–Trinajstić information content (AvgIpc) is 3.29. The summed E-state index contributed by atoms with van der Waals surface area (Å²) in [5.41, 5.74) is 3.76. The highest BCUT2D eigenvalue weighted by molar-refractivity contribution is 5.81. The maximum Gasteiger partial charge on any atom is 0.126 e. The molecule has 0 amide bonds. The Morgan fingerprint density at radius 1 is 1.06 bits per heavy atom. The van der Waals surface area contributed by atoms with E-state index in [2.05, 4.69) is 46.2 Å². The minimum Gasteiger partial charge on any atom is -0.368 e. The van der Waals surface area contributed by atoms with Crippen LogP contribution in [0.25, 0.3) is 22.4 Å². The van der Waals surface area contributed by atoms with Gasteiger partial charge >= 0.3 is 0 Å². The molecule has 0 aliphatic heterocycles. The summed E-state index contributed by atoms with van der Waals surface area (Å²) in [6, 6.07) is 10.8. The fourth-order valence-corrected chi connectivity index (χ4v) is 3.50. The van der Waals surface area contributed by atoms with Gasteiger partial charge in [-0.3, -0.25) is 5.10 Å². The van der Waals surface area contributed by atoms with E-state index in [1.165, 1.54) is 12.1 Å². The van der Waals surface area contributed by atoms with Crippen molar-refractivity contribution >= 4 is 5.82 Å². The fourth-order valence-electron chi connectivity index (χ4n) is 3.50. The second-order valence-electron chi connectivity index (χ2n) is 7.31. The molecule has 2 aromatic heterocycles. The van der Waals surface area contributed by atoms with Crippen LogP contribution in [0.1, 0.15) is 47.5 Å². The second kappa shape index (κ2) is 12.8. The number of nitrogens with zero attached hydrogens (tertiary/aromatic N) is 3. The predicted octanol–water partition coefficient (Wildman–Crippen LogP) is 6.23. The van der Waals surface area contributed by atoms with Crippen LogP contribution in [0, 0.1) is 5.82 Å². The monoisotopic (exact) mass is 425 g/mol. The van der Waals surface area contributed by atoms with Crippen LogP contribution in [0.5, 0.6) is 0 Å². The predicted molar refractivity (Wildman–Crippen MR) is 129 cm³/mol. The molecule has 1 atom stereocenters. The highest BCUT2D eigenvalue weighted by atomic mass is 19.1. The van der Waals surface area contributed by atoms with Crippen LogP contribution in [0.15, 0.2) is 48.8 Å². The summed E-state index contributed by atoms with van der Waals surface area (Å²) >= 11 is 0. The van der Waals surface area contributed by atoms with E-state index < -0.39 is 0 Å². The minimum atomic E-state index is -0.250. The van der Waals surface area contributed by atoms with Crippen molar-refractivity contribution in [2.75, 3.05) is 25.0 Å². The van der Waals surface area contributed by atoms with Gasteiger partial charge in [0.1, 0.15) is 11.6 Å². The van der Waals surface area contributed by atoms with Crippen LogP contribution in [-0.2, 0) is 0 Å². The maximum atomic E-state index is 13.3. The number of pyridine rings is 1. The summed E-state index contributed by atoms with van der Waals surface area (Å²) in [6.07, 6.45) is 5.86. The number of anilines is 1. The number of hydrogen-bond acceptors (Lipinski definition) is 4. The number of nitrogens with one attached hydrogen (secondary N) is 2. The largest absolute Gasteiger partial charge is 0.368 e. The van der Waals surface area contributed by atoms with Crippen LogP contribution < -0.4 is 5.32 Å². The van der Waals surface area contributed by atoms with Gasteiger partial charge in [0.2, 0.25) is 0 Å². The van der Waals surface area contributed by atoms with E-state index in [0.717, 1.165) is 60.7 Å². The number of benzene rings is 1. The fraction of sp³-hybridized carbons (Fsp3) is 0.440. The zero-order valence-corrected chi connectivity index (χ0v) is 19.5. The molecule has 6 heteroatoms. The summed E-state index contributed by atoms with van der Waals surface area (Å²) in [7, 11) is 0. The molecule has 0 radical (unpaired) electrons. The van der Waals surface area contributed by atoms with Gasteiger partial charge < -0.3 is 10.2 Å². The van der Waals surface area contributed by atoms with Gasteiger partial charge in [-0.05, 0) is 81.4 Å². The van der Waals surface area contributed by atoms with Crippen LogP contribution in [0.2, 0.25) is 0 Å². The average molecular weight is 426 g/mol. The molecular weight excluding hydrogens is 389 g/mol. The van der Waals surface area contributed by atoms with Crippen LogP contribution >= 0.6 is 0 Å². The van der Waals surface area contributed by atoms with Gasteiger partial charge in [-0.2, -0.15) is 5.10 Å². The number of H-pyrrole nitrogens is 1. The van der Waals surface area contributed by atoms with Crippen molar-refractivity contribution in [1.29, 1.82) is 0 Å². The first-order chi connectivity index (χ1) is 15.1.